The normalized spacial score (nSPS) is 21.0. The summed E-state index contributed by atoms with van der Waals surface area (Å²) in [5.41, 5.74) is 1.98. The Bertz CT molecular complexity index is 1370. The first-order chi connectivity index (χ1) is 16.2. The average molecular weight is 498 g/mol. The van der Waals surface area contributed by atoms with Gasteiger partial charge in [0.15, 0.2) is 0 Å². The Balaban J connectivity index is 1.69. The summed E-state index contributed by atoms with van der Waals surface area (Å²) >= 11 is 12.0. The van der Waals surface area contributed by atoms with Crippen molar-refractivity contribution in [2.24, 2.45) is 0 Å². The quantitative estimate of drug-likeness (QED) is 0.270. The van der Waals surface area contributed by atoms with E-state index in [0.717, 1.165) is 17.4 Å². The molecule has 2 aliphatic rings. The molecule has 1 fully saturated rings. The highest BCUT2D eigenvalue weighted by molar-refractivity contribution is 6.51. The van der Waals surface area contributed by atoms with E-state index >= 15 is 0 Å². The Morgan fingerprint density at radius 2 is 1.79 bits per heavy atom. The van der Waals surface area contributed by atoms with Gasteiger partial charge in [0, 0.05) is 22.7 Å². The Labute approximate surface area is 205 Å². The third-order valence-corrected chi connectivity index (χ3v) is 6.52. The second kappa shape index (κ2) is 8.46. The summed E-state index contributed by atoms with van der Waals surface area (Å²) < 4.78 is 19.5. The van der Waals surface area contributed by atoms with Crippen LogP contribution in [0.1, 0.15) is 29.7 Å². The first-order valence-electron chi connectivity index (χ1n) is 10.6. The van der Waals surface area contributed by atoms with Crippen LogP contribution in [0.25, 0.3) is 5.76 Å². The van der Waals surface area contributed by atoms with E-state index in [2.05, 4.69) is 0 Å². The summed E-state index contributed by atoms with van der Waals surface area (Å²) in [6, 6.07) is 14.5. The Morgan fingerprint density at radius 1 is 1.06 bits per heavy atom. The maximum Gasteiger partial charge on any atom is 0.300 e. The zero-order chi connectivity index (χ0) is 24.1. The Kier molecular flexibility index (Phi) is 5.58. The highest BCUT2D eigenvalue weighted by Gasteiger charge is 2.47. The number of anilines is 1. The minimum Gasteiger partial charge on any atom is -0.507 e. The molecule has 0 spiro atoms. The van der Waals surface area contributed by atoms with Gasteiger partial charge in [-0.3, -0.25) is 14.5 Å². The number of hydrogen-bond donors (Lipinski definition) is 1. The first kappa shape index (κ1) is 22.4. The van der Waals surface area contributed by atoms with Gasteiger partial charge in [-0.1, -0.05) is 35.3 Å². The van der Waals surface area contributed by atoms with Crippen LogP contribution in [-0.2, 0) is 16.0 Å². The number of ether oxygens (including phenoxy) is 1. The lowest BCUT2D eigenvalue weighted by molar-refractivity contribution is -0.132. The van der Waals surface area contributed by atoms with Crippen molar-refractivity contribution < 1.29 is 23.8 Å². The molecule has 5 rings (SSSR count). The molecule has 1 saturated heterocycles. The average Bonchev–Trinajstić information content (AvgIpc) is 3.31. The van der Waals surface area contributed by atoms with Crippen molar-refractivity contribution in [1.82, 2.24) is 0 Å². The van der Waals surface area contributed by atoms with Crippen LogP contribution >= 0.6 is 23.2 Å². The standard InChI is InChI=1S/C26H18Cl2FNO4/c1-13-10-16-11-15(4-9-21(16)34-13)24(31)22-23(14-2-5-17(27)6-3-14)30(26(33)25(22)32)18-7-8-20(29)19(28)12-18/h2-9,11-13,23,31H,10H2,1H3/b24-22-. The molecule has 172 valence electrons. The lowest BCUT2D eigenvalue weighted by Crippen LogP contribution is -2.29. The summed E-state index contributed by atoms with van der Waals surface area (Å²) in [7, 11) is 0. The van der Waals surface area contributed by atoms with Crippen molar-refractivity contribution in [3.05, 3.63) is 98.8 Å². The van der Waals surface area contributed by atoms with Crippen LogP contribution in [0.4, 0.5) is 10.1 Å². The van der Waals surface area contributed by atoms with Crippen molar-refractivity contribution in [3.8, 4) is 5.75 Å². The van der Waals surface area contributed by atoms with Gasteiger partial charge in [0.1, 0.15) is 23.4 Å². The van der Waals surface area contributed by atoms with Gasteiger partial charge in [-0.05, 0) is 66.6 Å². The number of fused-ring (bicyclic) bond motifs is 1. The number of benzene rings is 3. The molecule has 1 N–H and O–H groups in total. The fourth-order valence-electron chi connectivity index (χ4n) is 4.42. The second-order valence-corrected chi connectivity index (χ2v) is 9.12. The van der Waals surface area contributed by atoms with E-state index in [4.69, 9.17) is 27.9 Å². The minimum absolute atomic E-state index is 0.00951. The van der Waals surface area contributed by atoms with Gasteiger partial charge >= 0.3 is 0 Å². The number of aliphatic hydroxyl groups is 1. The van der Waals surface area contributed by atoms with Crippen molar-refractivity contribution >= 4 is 46.3 Å². The van der Waals surface area contributed by atoms with Crippen molar-refractivity contribution in [1.29, 1.82) is 0 Å². The van der Waals surface area contributed by atoms with Gasteiger partial charge < -0.3 is 9.84 Å². The predicted molar refractivity (Wildman–Crippen MR) is 128 cm³/mol. The summed E-state index contributed by atoms with van der Waals surface area (Å²) in [6.07, 6.45) is 0.676. The smallest absolute Gasteiger partial charge is 0.300 e. The molecule has 3 aromatic rings. The molecule has 0 radical (unpaired) electrons. The Hall–Kier alpha value is -3.35. The molecule has 1 amide bonds. The molecule has 0 saturated carbocycles. The minimum atomic E-state index is -0.970. The summed E-state index contributed by atoms with van der Waals surface area (Å²) in [5.74, 6) is -1.96. The van der Waals surface area contributed by atoms with E-state index in [1.165, 1.54) is 17.0 Å². The maximum absolute atomic E-state index is 13.8. The lowest BCUT2D eigenvalue weighted by atomic mass is 9.94. The monoisotopic (exact) mass is 497 g/mol. The SMILES string of the molecule is CC1Cc2cc(/C(O)=C3/C(=O)C(=O)N(c4ccc(F)c(Cl)c4)C3c3ccc(Cl)cc3)ccc2O1. The van der Waals surface area contributed by atoms with Gasteiger partial charge in [-0.25, -0.2) is 4.39 Å². The van der Waals surface area contributed by atoms with E-state index in [-0.39, 0.29) is 28.1 Å². The summed E-state index contributed by atoms with van der Waals surface area (Å²) in [5, 5.41) is 11.6. The zero-order valence-corrected chi connectivity index (χ0v) is 19.4. The predicted octanol–water partition coefficient (Wildman–Crippen LogP) is 6.08. The lowest BCUT2D eigenvalue weighted by Gasteiger charge is -2.25. The Morgan fingerprint density at radius 3 is 2.50 bits per heavy atom. The van der Waals surface area contributed by atoms with Crippen LogP contribution in [-0.4, -0.2) is 22.9 Å². The van der Waals surface area contributed by atoms with Crippen LogP contribution in [0.5, 0.6) is 5.75 Å². The van der Waals surface area contributed by atoms with Gasteiger partial charge in [-0.2, -0.15) is 0 Å². The largest absolute Gasteiger partial charge is 0.507 e. The number of carbonyl (C=O) groups excluding carboxylic acids is 2. The van der Waals surface area contributed by atoms with Gasteiger partial charge in [0.2, 0.25) is 0 Å². The van der Waals surface area contributed by atoms with E-state index in [9.17, 15) is 19.1 Å². The molecular formula is C26H18Cl2FNO4. The highest BCUT2D eigenvalue weighted by atomic mass is 35.5. The molecule has 8 heteroatoms. The van der Waals surface area contributed by atoms with E-state index < -0.39 is 23.5 Å². The topological polar surface area (TPSA) is 66.8 Å². The van der Waals surface area contributed by atoms with Crippen LogP contribution in [0, 0.1) is 5.82 Å². The number of Topliss-reactive ketones (excluding diaryl/α,β-unsaturated/α-hetero) is 1. The van der Waals surface area contributed by atoms with E-state index in [1.807, 2.05) is 6.92 Å². The summed E-state index contributed by atoms with van der Waals surface area (Å²) in [4.78, 5) is 27.6. The van der Waals surface area contributed by atoms with Gasteiger partial charge in [-0.15, -0.1) is 0 Å². The molecule has 2 atom stereocenters. The number of ketones is 1. The van der Waals surface area contributed by atoms with Gasteiger partial charge in [0.05, 0.1) is 16.6 Å². The van der Waals surface area contributed by atoms with Crippen LogP contribution in [0.3, 0.4) is 0 Å². The van der Waals surface area contributed by atoms with E-state index in [0.29, 0.717) is 22.6 Å². The number of rotatable bonds is 3. The van der Waals surface area contributed by atoms with Crippen LogP contribution in [0.2, 0.25) is 10.0 Å². The molecule has 0 bridgehead atoms. The number of carbonyl (C=O) groups is 2. The molecule has 2 aliphatic heterocycles. The molecular weight excluding hydrogens is 480 g/mol. The summed E-state index contributed by atoms with van der Waals surface area (Å²) in [6.45, 7) is 1.94. The van der Waals surface area contributed by atoms with Crippen LogP contribution < -0.4 is 9.64 Å². The zero-order valence-electron chi connectivity index (χ0n) is 17.9. The molecule has 3 aromatic carbocycles. The molecule has 0 aliphatic carbocycles. The van der Waals surface area contributed by atoms with E-state index in [1.54, 1.807) is 42.5 Å². The molecule has 34 heavy (non-hydrogen) atoms. The molecule has 5 nitrogen and oxygen atoms in total. The fourth-order valence-corrected chi connectivity index (χ4v) is 4.72. The molecule has 0 aromatic heterocycles. The maximum atomic E-state index is 13.8. The highest BCUT2D eigenvalue weighted by Crippen LogP contribution is 2.43. The number of halogens is 3. The number of nitrogens with zero attached hydrogens (tertiary/aromatic N) is 1. The fraction of sp³-hybridized carbons (Fsp3) is 0.154. The van der Waals surface area contributed by atoms with Crippen LogP contribution in [0.15, 0.2) is 66.2 Å². The third-order valence-electron chi connectivity index (χ3n) is 5.98. The van der Waals surface area contributed by atoms with Crippen molar-refractivity contribution in [2.45, 2.75) is 25.5 Å². The second-order valence-electron chi connectivity index (χ2n) is 8.27. The van der Waals surface area contributed by atoms with Gasteiger partial charge in [0.25, 0.3) is 11.7 Å². The molecule has 2 unspecified atom stereocenters. The van der Waals surface area contributed by atoms with Crippen molar-refractivity contribution in [2.75, 3.05) is 4.90 Å². The van der Waals surface area contributed by atoms with Crippen molar-refractivity contribution in [3.63, 3.8) is 0 Å². The molecule has 2 heterocycles. The number of amides is 1. The first-order valence-corrected chi connectivity index (χ1v) is 11.3. The number of aliphatic hydroxyl groups excluding tert-OH is 1. The third kappa shape index (κ3) is 3.73. The number of hydrogen-bond acceptors (Lipinski definition) is 4.